The highest BCUT2D eigenvalue weighted by molar-refractivity contribution is 7.13. The number of likely N-dealkylation sites (tertiary alicyclic amines) is 1. The maximum atomic E-state index is 5.78. The van der Waals surface area contributed by atoms with Crippen LogP contribution in [0.15, 0.2) is 5.38 Å². The van der Waals surface area contributed by atoms with E-state index in [4.69, 9.17) is 17.3 Å². The van der Waals surface area contributed by atoms with Gasteiger partial charge in [0.2, 0.25) is 0 Å². The minimum Gasteiger partial charge on any atom is -0.329 e. The fourth-order valence-electron chi connectivity index (χ4n) is 1.93. The van der Waals surface area contributed by atoms with Gasteiger partial charge in [-0.25, -0.2) is 4.98 Å². The normalized spacial score (nSPS) is 23.1. The zero-order valence-electron chi connectivity index (χ0n) is 7.95. The molecule has 0 saturated carbocycles. The van der Waals surface area contributed by atoms with Gasteiger partial charge in [-0.05, 0) is 19.4 Å². The molecule has 0 amide bonds. The van der Waals surface area contributed by atoms with E-state index in [0.717, 1.165) is 25.3 Å². The zero-order chi connectivity index (χ0) is 9.97. The molecule has 1 aromatic rings. The highest BCUT2D eigenvalue weighted by atomic mass is 35.5. The summed E-state index contributed by atoms with van der Waals surface area (Å²) in [6, 6.07) is 0.537. The quantitative estimate of drug-likeness (QED) is 0.862. The first-order valence-electron chi connectivity index (χ1n) is 4.83. The van der Waals surface area contributed by atoms with E-state index in [9.17, 15) is 0 Å². The van der Waals surface area contributed by atoms with Crippen LogP contribution in [0.25, 0.3) is 0 Å². The van der Waals surface area contributed by atoms with E-state index in [1.54, 1.807) is 0 Å². The first-order chi connectivity index (χ1) is 6.79. The van der Waals surface area contributed by atoms with Crippen LogP contribution in [-0.2, 0) is 6.54 Å². The molecule has 1 aliphatic rings. The predicted octanol–water partition coefficient (Wildman–Crippen LogP) is 1.72. The van der Waals surface area contributed by atoms with Crippen LogP contribution in [0.4, 0.5) is 0 Å². The van der Waals surface area contributed by atoms with Crippen molar-refractivity contribution in [3.05, 3.63) is 15.5 Å². The zero-order valence-corrected chi connectivity index (χ0v) is 9.52. The molecule has 78 valence electrons. The summed E-state index contributed by atoms with van der Waals surface area (Å²) in [6.45, 7) is 2.78. The van der Waals surface area contributed by atoms with Gasteiger partial charge >= 0.3 is 0 Å². The number of halogens is 1. The molecule has 1 fully saturated rings. The minimum absolute atomic E-state index is 0.537. The highest BCUT2D eigenvalue weighted by Gasteiger charge is 2.23. The van der Waals surface area contributed by atoms with E-state index in [2.05, 4.69) is 9.88 Å². The van der Waals surface area contributed by atoms with Gasteiger partial charge in [0.25, 0.3) is 0 Å². The Morgan fingerprint density at radius 3 is 3.21 bits per heavy atom. The van der Waals surface area contributed by atoms with Crippen LogP contribution in [0.2, 0.25) is 4.47 Å². The van der Waals surface area contributed by atoms with Crippen molar-refractivity contribution < 1.29 is 0 Å². The van der Waals surface area contributed by atoms with Crippen LogP contribution in [0, 0.1) is 0 Å². The van der Waals surface area contributed by atoms with Crippen molar-refractivity contribution in [2.75, 3.05) is 13.1 Å². The lowest BCUT2D eigenvalue weighted by molar-refractivity contribution is 0.248. The van der Waals surface area contributed by atoms with Crippen molar-refractivity contribution in [3.63, 3.8) is 0 Å². The van der Waals surface area contributed by atoms with Crippen LogP contribution >= 0.6 is 22.9 Å². The second kappa shape index (κ2) is 4.57. The van der Waals surface area contributed by atoms with Crippen LogP contribution in [-0.4, -0.2) is 29.0 Å². The molecule has 5 heteroatoms. The molecule has 0 aromatic carbocycles. The van der Waals surface area contributed by atoms with Gasteiger partial charge in [-0.15, -0.1) is 11.3 Å². The average Bonchev–Trinajstić information content (AvgIpc) is 2.76. The number of hydrogen-bond acceptors (Lipinski definition) is 4. The lowest BCUT2D eigenvalue weighted by Crippen LogP contribution is -2.34. The Kier molecular flexibility index (Phi) is 3.38. The van der Waals surface area contributed by atoms with Gasteiger partial charge in [-0.3, -0.25) is 4.90 Å². The summed E-state index contributed by atoms with van der Waals surface area (Å²) in [5, 5.41) is 2.02. The molecular weight excluding hydrogens is 218 g/mol. The lowest BCUT2D eigenvalue weighted by atomic mass is 10.2. The summed E-state index contributed by atoms with van der Waals surface area (Å²) < 4.78 is 0.628. The molecular formula is C9H14ClN3S. The highest BCUT2D eigenvalue weighted by Crippen LogP contribution is 2.21. The third-order valence-corrected chi connectivity index (χ3v) is 3.69. The number of rotatable bonds is 3. The molecule has 14 heavy (non-hydrogen) atoms. The molecule has 0 radical (unpaired) electrons. The van der Waals surface area contributed by atoms with Gasteiger partial charge in [0.05, 0.1) is 5.69 Å². The summed E-state index contributed by atoms with van der Waals surface area (Å²) >= 11 is 7.27. The Hall–Kier alpha value is -0.160. The number of hydrogen-bond donors (Lipinski definition) is 1. The van der Waals surface area contributed by atoms with Crippen molar-refractivity contribution in [3.8, 4) is 0 Å². The molecule has 3 nitrogen and oxygen atoms in total. The Balaban J connectivity index is 1.96. The van der Waals surface area contributed by atoms with Crippen LogP contribution in [0.3, 0.4) is 0 Å². The van der Waals surface area contributed by atoms with Gasteiger partial charge in [-0.1, -0.05) is 11.6 Å². The minimum atomic E-state index is 0.537. The van der Waals surface area contributed by atoms with E-state index < -0.39 is 0 Å². The Morgan fingerprint density at radius 2 is 2.57 bits per heavy atom. The van der Waals surface area contributed by atoms with Gasteiger partial charge < -0.3 is 5.73 Å². The lowest BCUT2D eigenvalue weighted by Gasteiger charge is -2.21. The molecule has 2 heterocycles. The molecule has 1 unspecified atom stereocenters. The predicted molar refractivity (Wildman–Crippen MR) is 59.6 cm³/mol. The monoisotopic (exact) mass is 231 g/mol. The molecule has 1 aliphatic heterocycles. The third kappa shape index (κ3) is 2.25. The summed E-state index contributed by atoms with van der Waals surface area (Å²) in [7, 11) is 0. The number of aromatic nitrogens is 1. The fourth-order valence-corrected chi connectivity index (χ4v) is 2.71. The van der Waals surface area contributed by atoms with Crippen molar-refractivity contribution in [1.29, 1.82) is 0 Å². The molecule has 0 spiro atoms. The molecule has 1 saturated heterocycles. The molecule has 1 atom stereocenters. The molecule has 0 bridgehead atoms. The molecule has 1 aromatic heterocycles. The smallest absolute Gasteiger partial charge is 0.183 e. The first-order valence-corrected chi connectivity index (χ1v) is 6.09. The third-order valence-electron chi connectivity index (χ3n) is 2.66. The topological polar surface area (TPSA) is 42.1 Å². The Morgan fingerprint density at radius 1 is 1.71 bits per heavy atom. The van der Waals surface area contributed by atoms with E-state index in [0.29, 0.717) is 10.5 Å². The standard InChI is InChI=1S/C9H14ClN3S/c10-9-12-7(6-14-9)5-13-3-1-2-8(13)4-11/h6,8H,1-5,11H2. The van der Waals surface area contributed by atoms with Crippen LogP contribution in [0.5, 0.6) is 0 Å². The number of nitrogens with two attached hydrogens (primary N) is 1. The summed E-state index contributed by atoms with van der Waals surface area (Å²) in [5.41, 5.74) is 6.77. The largest absolute Gasteiger partial charge is 0.329 e. The SMILES string of the molecule is NCC1CCCN1Cc1csc(Cl)n1. The Labute approximate surface area is 92.9 Å². The second-order valence-corrected chi connectivity index (χ2v) is 5.03. The second-order valence-electron chi connectivity index (χ2n) is 3.59. The first kappa shape index (κ1) is 10.4. The van der Waals surface area contributed by atoms with Crippen LogP contribution in [0.1, 0.15) is 18.5 Å². The van der Waals surface area contributed by atoms with Gasteiger partial charge in [-0.2, -0.15) is 0 Å². The maximum Gasteiger partial charge on any atom is 0.183 e. The van der Waals surface area contributed by atoms with Crippen LogP contribution < -0.4 is 5.73 Å². The Bertz CT molecular complexity index is 302. The molecule has 0 aliphatic carbocycles. The maximum absolute atomic E-state index is 5.78. The van der Waals surface area contributed by atoms with Gasteiger partial charge in [0, 0.05) is 24.5 Å². The van der Waals surface area contributed by atoms with E-state index in [1.807, 2.05) is 5.38 Å². The molecule has 2 N–H and O–H groups in total. The van der Waals surface area contributed by atoms with E-state index >= 15 is 0 Å². The van der Waals surface area contributed by atoms with Gasteiger partial charge in [0.1, 0.15) is 0 Å². The number of nitrogens with zero attached hydrogens (tertiary/aromatic N) is 2. The van der Waals surface area contributed by atoms with Crippen molar-refractivity contribution in [2.45, 2.75) is 25.4 Å². The summed E-state index contributed by atoms with van der Waals surface area (Å²) in [4.78, 5) is 6.64. The summed E-state index contributed by atoms with van der Waals surface area (Å²) in [6.07, 6.45) is 2.47. The number of thiazole rings is 1. The molecule has 2 rings (SSSR count). The fraction of sp³-hybridized carbons (Fsp3) is 0.667. The van der Waals surface area contributed by atoms with Crippen molar-refractivity contribution in [2.24, 2.45) is 5.73 Å². The van der Waals surface area contributed by atoms with Gasteiger partial charge in [0.15, 0.2) is 4.47 Å². The van der Waals surface area contributed by atoms with E-state index in [-0.39, 0.29) is 0 Å². The van der Waals surface area contributed by atoms with E-state index in [1.165, 1.54) is 24.2 Å². The van der Waals surface area contributed by atoms with Crippen molar-refractivity contribution >= 4 is 22.9 Å². The average molecular weight is 232 g/mol. The van der Waals surface area contributed by atoms with Crippen molar-refractivity contribution in [1.82, 2.24) is 9.88 Å². The summed E-state index contributed by atoms with van der Waals surface area (Å²) in [5.74, 6) is 0.